The van der Waals surface area contributed by atoms with Crippen LogP contribution >= 0.6 is 0 Å². The molecular weight excluding hydrogens is 352 g/mol. The number of rotatable bonds is 4. The van der Waals surface area contributed by atoms with Crippen molar-refractivity contribution in [1.29, 1.82) is 0 Å². The van der Waals surface area contributed by atoms with Gasteiger partial charge in [-0.1, -0.05) is 0 Å². The third-order valence-corrected chi connectivity index (χ3v) is 4.66. The summed E-state index contributed by atoms with van der Waals surface area (Å²) in [6.07, 6.45) is 3.13. The summed E-state index contributed by atoms with van der Waals surface area (Å²) in [5.74, 6) is -0.902. The van der Waals surface area contributed by atoms with E-state index in [2.05, 4.69) is 15.3 Å². The zero-order chi connectivity index (χ0) is 18.8. The van der Waals surface area contributed by atoms with Gasteiger partial charge in [0.15, 0.2) is 5.88 Å². The minimum absolute atomic E-state index is 0.113. The number of ether oxygens (including phenoxy) is 1. The average molecular weight is 371 g/mol. The molecule has 0 radical (unpaired) electrons. The molecule has 3 aromatic rings. The fraction of sp³-hybridized carbons (Fsp3) is 0.250. The Labute approximate surface area is 154 Å². The third-order valence-electron chi connectivity index (χ3n) is 4.66. The van der Waals surface area contributed by atoms with E-state index in [4.69, 9.17) is 4.74 Å². The van der Waals surface area contributed by atoms with Crippen molar-refractivity contribution in [3.63, 3.8) is 0 Å². The fourth-order valence-electron chi connectivity index (χ4n) is 3.21. The molecule has 0 amide bonds. The van der Waals surface area contributed by atoms with E-state index < -0.39 is 5.82 Å². The predicted molar refractivity (Wildman–Crippen MR) is 101 cm³/mol. The standard InChI is InChI=1S/C20H19F2N3O2/c21-12-1-3-15-16(20(26)25-19(15)9-12)11-23-14-2-4-18(17(22)10-14)24-13-5-7-27-8-6-13/h1-4,9-11,13,24-26H,5-8H2. The molecule has 1 aliphatic rings. The minimum Gasteiger partial charge on any atom is -0.494 e. The van der Waals surface area contributed by atoms with Crippen LogP contribution in [0.4, 0.5) is 20.2 Å². The van der Waals surface area contributed by atoms with Crippen LogP contribution in [-0.4, -0.2) is 35.6 Å². The van der Waals surface area contributed by atoms with E-state index in [9.17, 15) is 13.9 Å². The van der Waals surface area contributed by atoms with E-state index in [0.29, 0.717) is 41.1 Å². The molecule has 1 aromatic heterocycles. The number of H-pyrrole nitrogens is 1. The first-order valence-corrected chi connectivity index (χ1v) is 8.78. The Morgan fingerprint density at radius 1 is 1.15 bits per heavy atom. The van der Waals surface area contributed by atoms with Crippen LogP contribution in [0.15, 0.2) is 41.4 Å². The van der Waals surface area contributed by atoms with Crippen LogP contribution in [0.5, 0.6) is 5.88 Å². The summed E-state index contributed by atoms with van der Waals surface area (Å²) < 4.78 is 33.0. The molecule has 1 aliphatic heterocycles. The fourth-order valence-corrected chi connectivity index (χ4v) is 3.21. The normalized spacial score (nSPS) is 15.6. The maximum atomic E-state index is 14.4. The molecule has 0 saturated carbocycles. The molecule has 0 spiro atoms. The number of nitrogens with zero attached hydrogens (tertiary/aromatic N) is 1. The first-order chi connectivity index (χ1) is 13.1. The molecular formula is C20H19F2N3O2. The van der Waals surface area contributed by atoms with Gasteiger partial charge in [0.1, 0.15) is 11.6 Å². The summed E-state index contributed by atoms with van der Waals surface area (Å²) in [7, 11) is 0. The Morgan fingerprint density at radius 2 is 1.96 bits per heavy atom. The Hall–Kier alpha value is -2.93. The van der Waals surface area contributed by atoms with Crippen LogP contribution in [0.2, 0.25) is 0 Å². The minimum atomic E-state index is -0.401. The summed E-state index contributed by atoms with van der Waals surface area (Å²) in [6.45, 7) is 1.36. The topological polar surface area (TPSA) is 69.6 Å². The van der Waals surface area contributed by atoms with E-state index in [1.165, 1.54) is 24.4 Å². The highest BCUT2D eigenvalue weighted by atomic mass is 19.1. The average Bonchev–Trinajstić information content (AvgIpc) is 2.97. The molecule has 0 atom stereocenters. The number of hydrogen-bond acceptors (Lipinski definition) is 4. The van der Waals surface area contributed by atoms with Gasteiger partial charge >= 0.3 is 0 Å². The van der Waals surface area contributed by atoms with Crippen LogP contribution < -0.4 is 5.32 Å². The SMILES string of the molecule is Oc1[nH]c2cc(F)ccc2c1C=Nc1ccc(NC2CCOCC2)c(F)c1. The molecule has 5 nitrogen and oxygen atoms in total. The lowest BCUT2D eigenvalue weighted by Gasteiger charge is -2.24. The number of nitrogens with one attached hydrogen (secondary N) is 2. The Kier molecular flexibility index (Phi) is 4.77. The van der Waals surface area contributed by atoms with Crippen LogP contribution in [0.3, 0.4) is 0 Å². The highest BCUT2D eigenvalue weighted by Crippen LogP contribution is 2.28. The summed E-state index contributed by atoms with van der Waals surface area (Å²) in [4.78, 5) is 6.94. The Morgan fingerprint density at radius 3 is 2.74 bits per heavy atom. The molecule has 0 aliphatic carbocycles. The van der Waals surface area contributed by atoms with E-state index in [0.717, 1.165) is 12.8 Å². The smallest absolute Gasteiger partial charge is 0.198 e. The van der Waals surface area contributed by atoms with Gasteiger partial charge in [0.2, 0.25) is 0 Å². The molecule has 4 rings (SSSR count). The van der Waals surface area contributed by atoms with E-state index in [-0.39, 0.29) is 17.7 Å². The van der Waals surface area contributed by atoms with Gasteiger partial charge in [0, 0.05) is 36.9 Å². The molecule has 0 unspecified atom stereocenters. The van der Waals surface area contributed by atoms with Gasteiger partial charge in [0.05, 0.1) is 22.5 Å². The number of aromatic amines is 1. The van der Waals surface area contributed by atoms with Gasteiger partial charge < -0.3 is 20.1 Å². The van der Waals surface area contributed by atoms with Gasteiger partial charge in [-0.05, 0) is 43.2 Å². The second kappa shape index (κ2) is 7.36. The number of aromatic hydroxyl groups is 1. The van der Waals surface area contributed by atoms with Gasteiger partial charge in [-0.25, -0.2) is 8.78 Å². The Balaban J connectivity index is 1.54. The molecule has 2 heterocycles. The van der Waals surface area contributed by atoms with Crippen molar-refractivity contribution in [2.75, 3.05) is 18.5 Å². The van der Waals surface area contributed by atoms with Gasteiger partial charge in [0.25, 0.3) is 0 Å². The van der Waals surface area contributed by atoms with Gasteiger partial charge in [-0.15, -0.1) is 0 Å². The highest BCUT2D eigenvalue weighted by Gasteiger charge is 2.15. The number of aliphatic imine (C=N–C) groups is 1. The van der Waals surface area contributed by atoms with Crippen molar-refractivity contribution in [3.8, 4) is 5.88 Å². The van der Waals surface area contributed by atoms with Crippen molar-refractivity contribution in [2.45, 2.75) is 18.9 Å². The van der Waals surface area contributed by atoms with Crippen LogP contribution in [0.25, 0.3) is 10.9 Å². The lowest BCUT2D eigenvalue weighted by atomic mass is 10.1. The Bertz CT molecular complexity index is 994. The van der Waals surface area contributed by atoms with E-state index >= 15 is 0 Å². The maximum absolute atomic E-state index is 14.4. The number of hydrogen-bond donors (Lipinski definition) is 3. The summed E-state index contributed by atoms with van der Waals surface area (Å²) >= 11 is 0. The lowest BCUT2D eigenvalue weighted by molar-refractivity contribution is 0.0904. The molecule has 7 heteroatoms. The zero-order valence-corrected chi connectivity index (χ0v) is 14.5. The summed E-state index contributed by atoms with van der Waals surface area (Å²) in [5, 5.41) is 13.9. The lowest BCUT2D eigenvalue weighted by Crippen LogP contribution is -2.28. The molecule has 27 heavy (non-hydrogen) atoms. The number of halogens is 2. The number of benzene rings is 2. The number of anilines is 1. The quantitative estimate of drug-likeness (QED) is 0.592. The van der Waals surface area contributed by atoms with Crippen LogP contribution in [-0.2, 0) is 4.74 Å². The summed E-state index contributed by atoms with van der Waals surface area (Å²) in [5.41, 5.74) is 1.75. The van der Waals surface area contributed by atoms with Crippen molar-refractivity contribution in [1.82, 2.24) is 4.98 Å². The van der Waals surface area contributed by atoms with Crippen molar-refractivity contribution in [3.05, 3.63) is 53.6 Å². The monoisotopic (exact) mass is 371 g/mol. The zero-order valence-electron chi connectivity index (χ0n) is 14.5. The van der Waals surface area contributed by atoms with Crippen LogP contribution in [0, 0.1) is 11.6 Å². The van der Waals surface area contributed by atoms with Gasteiger partial charge in [-0.2, -0.15) is 0 Å². The summed E-state index contributed by atoms with van der Waals surface area (Å²) in [6, 6.07) is 9.06. The largest absolute Gasteiger partial charge is 0.494 e. The molecule has 140 valence electrons. The van der Waals surface area contributed by atoms with Crippen molar-refractivity contribution in [2.24, 2.45) is 4.99 Å². The number of aromatic nitrogens is 1. The molecule has 2 aromatic carbocycles. The van der Waals surface area contributed by atoms with Gasteiger partial charge in [-0.3, -0.25) is 4.99 Å². The van der Waals surface area contributed by atoms with Crippen molar-refractivity contribution < 1.29 is 18.6 Å². The molecule has 3 N–H and O–H groups in total. The predicted octanol–water partition coefficient (Wildman–Crippen LogP) is 4.49. The first kappa shape index (κ1) is 17.5. The third kappa shape index (κ3) is 3.78. The molecule has 1 saturated heterocycles. The highest BCUT2D eigenvalue weighted by molar-refractivity contribution is 6.02. The van der Waals surface area contributed by atoms with E-state index in [1.54, 1.807) is 18.2 Å². The molecule has 1 fully saturated rings. The van der Waals surface area contributed by atoms with E-state index in [1.807, 2.05) is 0 Å². The maximum Gasteiger partial charge on any atom is 0.198 e. The second-order valence-corrected chi connectivity index (χ2v) is 6.53. The first-order valence-electron chi connectivity index (χ1n) is 8.78. The number of fused-ring (bicyclic) bond motifs is 1. The van der Waals surface area contributed by atoms with Crippen molar-refractivity contribution >= 4 is 28.5 Å². The second-order valence-electron chi connectivity index (χ2n) is 6.53. The molecule has 0 bridgehead atoms. The van der Waals surface area contributed by atoms with Crippen LogP contribution in [0.1, 0.15) is 18.4 Å².